The Morgan fingerprint density at radius 3 is 2.43 bits per heavy atom. The fourth-order valence-corrected chi connectivity index (χ4v) is 3.66. The van der Waals surface area contributed by atoms with Crippen LogP contribution in [0.25, 0.3) is 0 Å². The highest BCUT2D eigenvalue weighted by Crippen LogP contribution is 2.37. The fourth-order valence-electron chi connectivity index (χ4n) is 2.68. The van der Waals surface area contributed by atoms with E-state index < -0.39 is 0 Å². The summed E-state index contributed by atoms with van der Waals surface area (Å²) < 4.78 is 26.2. The lowest BCUT2D eigenvalue weighted by Crippen LogP contribution is -2.07. The smallest absolute Gasteiger partial charge is 0.167 e. The Bertz CT molecular complexity index is 964. The minimum atomic E-state index is -0.315. The van der Waals surface area contributed by atoms with Gasteiger partial charge in [-0.2, -0.15) is 0 Å². The zero-order chi connectivity index (χ0) is 20.1. The van der Waals surface area contributed by atoms with Gasteiger partial charge in [-0.3, -0.25) is 0 Å². The van der Waals surface area contributed by atoms with Gasteiger partial charge in [-0.1, -0.05) is 57.3 Å². The summed E-state index contributed by atoms with van der Waals surface area (Å²) >= 11 is 15.7. The molecule has 0 heterocycles. The molecule has 0 aliphatic rings. The van der Waals surface area contributed by atoms with E-state index in [0.717, 1.165) is 15.7 Å². The summed E-state index contributed by atoms with van der Waals surface area (Å²) in [6.07, 6.45) is 0. The fraction of sp³-hybridized carbons (Fsp3) is 0.143. The Labute approximate surface area is 181 Å². The topological polar surface area (TPSA) is 30.5 Å². The molecule has 0 saturated carbocycles. The van der Waals surface area contributed by atoms with Gasteiger partial charge >= 0.3 is 0 Å². The second kappa shape index (κ2) is 9.50. The monoisotopic (exact) mass is 483 g/mol. The van der Waals surface area contributed by atoms with E-state index >= 15 is 0 Å². The van der Waals surface area contributed by atoms with Gasteiger partial charge in [0, 0.05) is 37.9 Å². The standard InChI is InChI=1S/C21H17BrCl2FNO2/c1-27-20-7-6-18(22)17(11-26-16-9-14(23)8-15(24)10-16)21(20)28-12-13-4-2-3-5-19(13)25/h2-10,26H,11-12H2,1H3. The zero-order valence-electron chi connectivity index (χ0n) is 14.9. The lowest BCUT2D eigenvalue weighted by Gasteiger charge is -2.18. The predicted molar refractivity (Wildman–Crippen MR) is 115 cm³/mol. The van der Waals surface area contributed by atoms with Gasteiger partial charge in [0.1, 0.15) is 12.4 Å². The number of anilines is 1. The van der Waals surface area contributed by atoms with E-state index in [-0.39, 0.29) is 12.4 Å². The zero-order valence-corrected chi connectivity index (χ0v) is 18.0. The maximum absolute atomic E-state index is 13.9. The molecule has 0 saturated heterocycles. The molecule has 3 aromatic carbocycles. The van der Waals surface area contributed by atoms with Crippen molar-refractivity contribution in [2.75, 3.05) is 12.4 Å². The number of hydrogen-bond donors (Lipinski definition) is 1. The summed E-state index contributed by atoms with van der Waals surface area (Å²) in [7, 11) is 1.56. The van der Waals surface area contributed by atoms with Crippen LogP contribution in [0.15, 0.2) is 59.1 Å². The number of methoxy groups -OCH3 is 1. The molecule has 3 aromatic rings. The average molecular weight is 485 g/mol. The molecular formula is C21H17BrCl2FNO2. The quantitative estimate of drug-likeness (QED) is 0.388. The molecule has 0 atom stereocenters. The minimum absolute atomic E-state index is 0.0788. The van der Waals surface area contributed by atoms with Crippen LogP contribution in [0.3, 0.4) is 0 Å². The van der Waals surface area contributed by atoms with Crippen molar-refractivity contribution in [3.05, 3.63) is 86.1 Å². The summed E-state index contributed by atoms with van der Waals surface area (Å²) in [6, 6.07) is 15.4. The van der Waals surface area contributed by atoms with Crippen LogP contribution in [-0.4, -0.2) is 7.11 Å². The third kappa shape index (κ3) is 5.10. The first kappa shape index (κ1) is 20.8. The number of hydrogen-bond acceptors (Lipinski definition) is 3. The maximum Gasteiger partial charge on any atom is 0.167 e. The molecule has 0 fully saturated rings. The van der Waals surface area contributed by atoms with Crippen LogP contribution in [0.5, 0.6) is 11.5 Å². The van der Waals surface area contributed by atoms with Crippen LogP contribution in [0.2, 0.25) is 10.0 Å². The molecule has 0 aliphatic heterocycles. The third-order valence-corrected chi connectivity index (χ3v) is 5.23. The summed E-state index contributed by atoms with van der Waals surface area (Å²) in [4.78, 5) is 0. The van der Waals surface area contributed by atoms with Crippen molar-refractivity contribution in [3.63, 3.8) is 0 Å². The molecule has 3 nitrogen and oxygen atoms in total. The van der Waals surface area contributed by atoms with Crippen molar-refractivity contribution < 1.29 is 13.9 Å². The molecule has 28 heavy (non-hydrogen) atoms. The molecule has 0 aromatic heterocycles. The van der Waals surface area contributed by atoms with Crippen molar-refractivity contribution in [1.29, 1.82) is 0 Å². The second-order valence-corrected chi connectivity index (χ2v) is 7.68. The third-order valence-electron chi connectivity index (χ3n) is 4.05. The molecule has 0 spiro atoms. The van der Waals surface area contributed by atoms with Gasteiger partial charge < -0.3 is 14.8 Å². The van der Waals surface area contributed by atoms with Gasteiger partial charge in [-0.15, -0.1) is 0 Å². The van der Waals surface area contributed by atoms with E-state index in [1.807, 2.05) is 6.07 Å². The Kier molecular flexibility index (Phi) is 7.05. The van der Waals surface area contributed by atoms with Gasteiger partial charge in [-0.25, -0.2) is 4.39 Å². The Hall–Kier alpha value is -1.95. The van der Waals surface area contributed by atoms with E-state index in [9.17, 15) is 4.39 Å². The molecule has 0 unspecified atom stereocenters. The van der Waals surface area contributed by atoms with Crippen LogP contribution < -0.4 is 14.8 Å². The molecule has 3 rings (SSSR count). The van der Waals surface area contributed by atoms with Crippen LogP contribution in [0, 0.1) is 5.82 Å². The largest absolute Gasteiger partial charge is 0.493 e. The molecule has 7 heteroatoms. The lowest BCUT2D eigenvalue weighted by atomic mass is 10.1. The highest BCUT2D eigenvalue weighted by atomic mass is 79.9. The van der Waals surface area contributed by atoms with Crippen molar-refractivity contribution in [3.8, 4) is 11.5 Å². The summed E-state index contributed by atoms with van der Waals surface area (Å²) in [6.45, 7) is 0.497. The van der Waals surface area contributed by atoms with Gasteiger partial charge in [0.25, 0.3) is 0 Å². The Morgan fingerprint density at radius 2 is 1.75 bits per heavy atom. The van der Waals surface area contributed by atoms with E-state index in [1.54, 1.807) is 49.6 Å². The molecule has 0 aliphatic carbocycles. The number of halogens is 4. The highest BCUT2D eigenvalue weighted by Gasteiger charge is 2.16. The van der Waals surface area contributed by atoms with Crippen molar-refractivity contribution in [2.24, 2.45) is 0 Å². The van der Waals surface area contributed by atoms with Crippen molar-refractivity contribution in [1.82, 2.24) is 0 Å². The Balaban J connectivity index is 1.86. The molecule has 146 valence electrons. The van der Waals surface area contributed by atoms with Gasteiger partial charge in [0.15, 0.2) is 11.5 Å². The first-order chi connectivity index (χ1) is 13.5. The minimum Gasteiger partial charge on any atom is -0.493 e. The number of nitrogens with one attached hydrogen (secondary N) is 1. The first-order valence-electron chi connectivity index (χ1n) is 8.39. The van der Waals surface area contributed by atoms with Gasteiger partial charge in [0.05, 0.1) is 7.11 Å². The van der Waals surface area contributed by atoms with Gasteiger partial charge in [-0.05, 0) is 36.4 Å². The van der Waals surface area contributed by atoms with E-state index in [2.05, 4.69) is 21.2 Å². The number of benzene rings is 3. The van der Waals surface area contributed by atoms with Crippen LogP contribution in [0.4, 0.5) is 10.1 Å². The molecule has 0 bridgehead atoms. The molecular weight excluding hydrogens is 468 g/mol. The average Bonchev–Trinajstić information content (AvgIpc) is 2.66. The summed E-state index contributed by atoms with van der Waals surface area (Å²) in [5.41, 5.74) is 2.06. The maximum atomic E-state index is 13.9. The molecule has 0 radical (unpaired) electrons. The molecule has 0 amide bonds. The Morgan fingerprint density at radius 1 is 1.04 bits per heavy atom. The predicted octanol–water partition coefficient (Wildman–Crippen LogP) is 7.09. The van der Waals surface area contributed by atoms with Gasteiger partial charge in [0.2, 0.25) is 0 Å². The van der Waals surface area contributed by atoms with E-state index in [0.29, 0.717) is 33.7 Å². The summed E-state index contributed by atoms with van der Waals surface area (Å²) in [5.74, 6) is 0.769. The lowest BCUT2D eigenvalue weighted by molar-refractivity contribution is 0.276. The van der Waals surface area contributed by atoms with Crippen molar-refractivity contribution >= 4 is 44.8 Å². The molecule has 1 N–H and O–H groups in total. The van der Waals surface area contributed by atoms with Crippen LogP contribution in [-0.2, 0) is 13.2 Å². The van der Waals surface area contributed by atoms with E-state index in [4.69, 9.17) is 32.7 Å². The van der Waals surface area contributed by atoms with Crippen LogP contribution >= 0.6 is 39.1 Å². The van der Waals surface area contributed by atoms with Crippen molar-refractivity contribution in [2.45, 2.75) is 13.2 Å². The number of ether oxygens (including phenoxy) is 2. The first-order valence-corrected chi connectivity index (χ1v) is 9.94. The second-order valence-electron chi connectivity index (χ2n) is 5.95. The summed E-state index contributed by atoms with van der Waals surface area (Å²) in [5, 5.41) is 4.35. The van der Waals surface area contributed by atoms with E-state index in [1.165, 1.54) is 6.07 Å². The van der Waals surface area contributed by atoms with Crippen LogP contribution in [0.1, 0.15) is 11.1 Å². The normalized spacial score (nSPS) is 10.6. The highest BCUT2D eigenvalue weighted by molar-refractivity contribution is 9.10. The SMILES string of the molecule is COc1ccc(Br)c(CNc2cc(Cl)cc(Cl)c2)c1OCc1ccccc1F. The number of rotatable bonds is 7.